The highest BCUT2D eigenvalue weighted by atomic mass is 15.2. The van der Waals surface area contributed by atoms with Crippen LogP contribution in [-0.4, -0.2) is 44.2 Å². The molecule has 2 N–H and O–H groups in total. The fraction of sp³-hybridized carbons (Fsp3) is 0.600. The summed E-state index contributed by atoms with van der Waals surface area (Å²) in [5, 5.41) is 0. The maximum absolute atomic E-state index is 5.90. The minimum Gasteiger partial charge on any atom is -0.370 e. The van der Waals surface area contributed by atoms with Gasteiger partial charge in [-0.1, -0.05) is 17.7 Å². The molecule has 1 aromatic carbocycles. The highest BCUT2D eigenvalue weighted by Crippen LogP contribution is 2.23. The lowest BCUT2D eigenvalue weighted by Crippen LogP contribution is -2.44. The van der Waals surface area contributed by atoms with Gasteiger partial charge in [0.05, 0.1) is 0 Å². The monoisotopic (exact) mass is 247 g/mol. The van der Waals surface area contributed by atoms with Gasteiger partial charge in [-0.2, -0.15) is 0 Å². The second kappa shape index (κ2) is 5.72. The number of hydrogen-bond donors (Lipinski definition) is 1. The molecule has 0 radical (unpaired) electrons. The first-order valence-electron chi connectivity index (χ1n) is 6.84. The molecular formula is C15H25N3. The molecule has 0 aromatic heterocycles. The van der Waals surface area contributed by atoms with E-state index in [2.05, 4.69) is 48.9 Å². The largest absolute Gasteiger partial charge is 0.370 e. The smallest absolute Gasteiger partial charge is 0.0396 e. The van der Waals surface area contributed by atoms with Crippen LogP contribution in [0, 0.1) is 13.8 Å². The van der Waals surface area contributed by atoms with Gasteiger partial charge in [0.25, 0.3) is 0 Å². The Kier molecular flexibility index (Phi) is 4.25. The fourth-order valence-corrected chi connectivity index (χ4v) is 2.81. The molecule has 18 heavy (non-hydrogen) atoms. The summed E-state index contributed by atoms with van der Waals surface area (Å²) in [6.07, 6.45) is 1.21. The van der Waals surface area contributed by atoms with Crippen LogP contribution >= 0.6 is 0 Å². The van der Waals surface area contributed by atoms with Gasteiger partial charge in [-0.15, -0.1) is 0 Å². The minimum absolute atomic E-state index is 0.466. The summed E-state index contributed by atoms with van der Waals surface area (Å²) in [6.45, 7) is 8.40. The summed E-state index contributed by atoms with van der Waals surface area (Å²) in [5.74, 6) is 0. The van der Waals surface area contributed by atoms with Crippen molar-refractivity contribution < 1.29 is 0 Å². The molecule has 0 amide bonds. The zero-order valence-electron chi connectivity index (χ0n) is 11.8. The number of anilines is 1. The van der Waals surface area contributed by atoms with E-state index >= 15 is 0 Å². The zero-order valence-corrected chi connectivity index (χ0v) is 11.8. The molecule has 1 fully saturated rings. The van der Waals surface area contributed by atoms with Gasteiger partial charge < -0.3 is 15.5 Å². The molecule has 0 bridgehead atoms. The molecule has 1 aliphatic heterocycles. The van der Waals surface area contributed by atoms with Crippen molar-refractivity contribution in [2.24, 2.45) is 5.73 Å². The maximum atomic E-state index is 5.90. The molecule has 1 unspecified atom stereocenters. The van der Waals surface area contributed by atoms with Crippen LogP contribution in [0.15, 0.2) is 18.2 Å². The Morgan fingerprint density at radius 2 is 2.06 bits per heavy atom. The van der Waals surface area contributed by atoms with Crippen LogP contribution < -0.4 is 10.6 Å². The summed E-state index contributed by atoms with van der Waals surface area (Å²) in [7, 11) is 2.18. The molecule has 1 aromatic rings. The van der Waals surface area contributed by atoms with E-state index in [1.807, 2.05) is 0 Å². The molecule has 0 aliphatic carbocycles. The van der Waals surface area contributed by atoms with E-state index < -0.39 is 0 Å². The lowest BCUT2D eigenvalue weighted by Gasteiger charge is -2.30. The van der Waals surface area contributed by atoms with Crippen molar-refractivity contribution in [2.75, 3.05) is 38.1 Å². The first-order chi connectivity index (χ1) is 8.61. The number of hydrogen-bond acceptors (Lipinski definition) is 3. The highest BCUT2D eigenvalue weighted by molar-refractivity contribution is 5.54. The molecule has 3 nitrogen and oxygen atoms in total. The van der Waals surface area contributed by atoms with Gasteiger partial charge in [-0.25, -0.2) is 0 Å². The van der Waals surface area contributed by atoms with Crippen molar-refractivity contribution in [3.63, 3.8) is 0 Å². The molecule has 1 atom stereocenters. The van der Waals surface area contributed by atoms with Crippen LogP contribution in [0.5, 0.6) is 0 Å². The Balaban J connectivity index is 2.21. The van der Waals surface area contributed by atoms with E-state index in [1.54, 1.807) is 0 Å². The lowest BCUT2D eigenvalue weighted by atomic mass is 10.1. The first kappa shape index (κ1) is 13.4. The number of nitrogens with zero attached hydrogens (tertiary/aromatic N) is 2. The summed E-state index contributed by atoms with van der Waals surface area (Å²) in [5.41, 5.74) is 9.97. The zero-order chi connectivity index (χ0) is 13.1. The van der Waals surface area contributed by atoms with E-state index in [9.17, 15) is 0 Å². The van der Waals surface area contributed by atoms with E-state index in [4.69, 9.17) is 5.73 Å². The van der Waals surface area contributed by atoms with Crippen molar-refractivity contribution in [1.29, 1.82) is 0 Å². The third kappa shape index (κ3) is 2.85. The molecule has 100 valence electrons. The summed E-state index contributed by atoms with van der Waals surface area (Å²) in [4.78, 5) is 4.89. The number of likely N-dealkylation sites (N-methyl/N-ethyl adjacent to an activating group) is 1. The second-order valence-corrected chi connectivity index (χ2v) is 5.46. The van der Waals surface area contributed by atoms with E-state index in [0.29, 0.717) is 6.04 Å². The van der Waals surface area contributed by atoms with Gasteiger partial charge in [-0.3, -0.25) is 0 Å². The summed E-state index contributed by atoms with van der Waals surface area (Å²) < 4.78 is 0. The van der Waals surface area contributed by atoms with Crippen molar-refractivity contribution in [1.82, 2.24) is 4.90 Å². The van der Waals surface area contributed by atoms with Crippen molar-refractivity contribution in [2.45, 2.75) is 26.3 Å². The summed E-state index contributed by atoms with van der Waals surface area (Å²) >= 11 is 0. The Morgan fingerprint density at radius 1 is 1.28 bits per heavy atom. The molecule has 1 saturated heterocycles. The molecular weight excluding hydrogens is 222 g/mol. The number of aryl methyl sites for hydroxylation is 2. The van der Waals surface area contributed by atoms with Gasteiger partial charge >= 0.3 is 0 Å². The van der Waals surface area contributed by atoms with E-state index in [0.717, 1.165) is 26.2 Å². The standard InChI is InChI=1S/C15H25N3/c1-12-5-6-15(13(2)9-12)18-8-4-7-17(3)14(10-16)11-18/h5-6,9,14H,4,7-8,10-11,16H2,1-3H3. The molecule has 1 heterocycles. The van der Waals surface area contributed by atoms with Crippen LogP contribution in [0.25, 0.3) is 0 Å². The third-order valence-electron chi connectivity index (χ3n) is 3.96. The lowest BCUT2D eigenvalue weighted by molar-refractivity contribution is 0.266. The quantitative estimate of drug-likeness (QED) is 0.864. The average Bonchev–Trinajstić information content (AvgIpc) is 2.51. The van der Waals surface area contributed by atoms with Gasteiger partial charge in [0.1, 0.15) is 0 Å². The van der Waals surface area contributed by atoms with E-state index in [-0.39, 0.29) is 0 Å². The Hall–Kier alpha value is -1.06. The molecule has 0 spiro atoms. The first-order valence-corrected chi connectivity index (χ1v) is 6.84. The predicted octanol–water partition coefficient (Wildman–Crippen LogP) is 1.77. The fourth-order valence-electron chi connectivity index (χ4n) is 2.81. The summed E-state index contributed by atoms with van der Waals surface area (Å²) in [6, 6.07) is 7.19. The normalized spacial score (nSPS) is 22.0. The Labute approximate surface area is 111 Å². The molecule has 2 rings (SSSR count). The van der Waals surface area contributed by atoms with Gasteiger partial charge in [0, 0.05) is 31.4 Å². The average molecular weight is 247 g/mol. The van der Waals surface area contributed by atoms with Gasteiger partial charge in [0.15, 0.2) is 0 Å². The van der Waals surface area contributed by atoms with Crippen LogP contribution in [-0.2, 0) is 0 Å². The number of rotatable bonds is 2. The van der Waals surface area contributed by atoms with E-state index in [1.165, 1.54) is 23.2 Å². The van der Waals surface area contributed by atoms with Crippen molar-refractivity contribution in [3.05, 3.63) is 29.3 Å². The van der Waals surface area contributed by atoms with Gasteiger partial charge in [0.2, 0.25) is 0 Å². The van der Waals surface area contributed by atoms with Crippen LogP contribution in [0.3, 0.4) is 0 Å². The molecule has 0 saturated carbocycles. The van der Waals surface area contributed by atoms with Crippen LogP contribution in [0.1, 0.15) is 17.5 Å². The highest BCUT2D eigenvalue weighted by Gasteiger charge is 2.21. The SMILES string of the molecule is Cc1ccc(N2CCCN(C)C(CN)C2)c(C)c1. The van der Waals surface area contributed by atoms with Crippen LogP contribution in [0.4, 0.5) is 5.69 Å². The predicted molar refractivity (Wildman–Crippen MR) is 78.2 cm³/mol. The molecule has 3 heteroatoms. The minimum atomic E-state index is 0.466. The Bertz CT molecular complexity index is 403. The maximum Gasteiger partial charge on any atom is 0.0396 e. The third-order valence-corrected chi connectivity index (χ3v) is 3.96. The van der Waals surface area contributed by atoms with Crippen molar-refractivity contribution in [3.8, 4) is 0 Å². The van der Waals surface area contributed by atoms with Gasteiger partial charge in [-0.05, 0) is 45.5 Å². The second-order valence-electron chi connectivity index (χ2n) is 5.46. The molecule has 1 aliphatic rings. The van der Waals surface area contributed by atoms with Crippen LogP contribution in [0.2, 0.25) is 0 Å². The topological polar surface area (TPSA) is 32.5 Å². The number of benzene rings is 1. The van der Waals surface area contributed by atoms with Crippen molar-refractivity contribution >= 4 is 5.69 Å². The number of nitrogens with two attached hydrogens (primary N) is 1. The Morgan fingerprint density at radius 3 is 2.72 bits per heavy atom.